The van der Waals surface area contributed by atoms with Crippen LogP contribution in [0.25, 0.3) is 11.5 Å². The molecule has 8 nitrogen and oxygen atoms in total. The van der Waals surface area contributed by atoms with Gasteiger partial charge in [0, 0.05) is 18.2 Å². The first-order chi connectivity index (χ1) is 13.6. The number of hydrogen-bond acceptors (Lipinski definition) is 7. The standard InChI is InChI=1S/C20H19N3O5/c1-26-14-6-7-17(27-2)15(9-14)16(24)11-23-10-13(5-8-18(23)25)20-21-19(22-28-20)12-3-4-12/h5-10,12H,3-4,11H2,1-2H3. The van der Waals surface area contributed by atoms with Gasteiger partial charge in [-0.15, -0.1) is 0 Å². The van der Waals surface area contributed by atoms with Crippen molar-refractivity contribution in [3.63, 3.8) is 0 Å². The van der Waals surface area contributed by atoms with Gasteiger partial charge in [0.2, 0.25) is 0 Å². The van der Waals surface area contributed by atoms with Crippen molar-refractivity contribution < 1.29 is 18.8 Å². The number of aromatic nitrogens is 3. The lowest BCUT2D eigenvalue weighted by Crippen LogP contribution is -2.23. The SMILES string of the molecule is COc1ccc(OC)c(C(=O)Cn2cc(-c3nc(C4CC4)no3)ccc2=O)c1. The fraction of sp³-hybridized carbons (Fsp3) is 0.300. The molecule has 0 radical (unpaired) electrons. The molecule has 0 amide bonds. The normalized spacial score (nSPS) is 13.4. The predicted molar refractivity (Wildman–Crippen MR) is 99.8 cm³/mol. The predicted octanol–water partition coefficient (Wildman–Crippen LogP) is 2.68. The molecule has 2 heterocycles. The van der Waals surface area contributed by atoms with Crippen LogP contribution in [0.3, 0.4) is 0 Å². The number of benzene rings is 1. The average molecular weight is 381 g/mol. The molecular weight excluding hydrogens is 362 g/mol. The van der Waals surface area contributed by atoms with E-state index in [4.69, 9.17) is 14.0 Å². The zero-order chi connectivity index (χ0) is 19.7. The molecule has 1 fully saturated rings. The maximum atomic E-state index is 12.8. The Morgan fingerprint density at radius 1 is 1.21 bits per heavy atom. The number of nitrogens with zero attached hydrogens (tertiary/aromatic N) is 3. The molecule has 0 bridgehead atoms. The molecule has 8 heteroatoms. The average Bonchev–Trinajstić information content (AvgIpc) is 3.45. The molecule has 0 saturated heterocycles. The van der Waals surface area contributed by atoms with E-state index in [1.165, 1.54) is 24.9 Å². The lowest BCUT2D eigenvalue weighted by Gasteiger charge is -2.11. The van der Waals surface area contributed by atoms with Gasteiger partial charge in [-0.05, 0) is 37.1 Å². The smallest absolute Gasteiger partial charge is 0.259 e. The van der Waals surface area contributed by atoms with E-state index in [2.05, 4.69) is 10.1 Å². The summed E-state index contributed by atoms with van der Waals surface area (Å²) < 4.78 is 17.1. The van der Waals surface area contributed by atoms with E-state index < -0.39 is 0 Å². The Bertz CT molecular complexity index is 1080. The molecular formula is C20H19N3O5. The first-order valence-corrected chi connectivity index (χ1v) is 8.88. The molecule has 4 rings (SSSR count). The summed E-state index contributed by atoms with van der Waals surface area (Å²) in [4.78, 5) is 29.5. The van der Waals surface area contributed by atoms with E-state index in [1.807, 2.05) is 0 Å². The number of carbonyl (C=O) groups is 1. The van der Waals surface area contributed by atoms with Gasteiger partial charge in [0.15, 0.2) is 11.6 Å². The number of ketones is 1. The highest BCUT2D eigenvalue weighted by Crippen LogP contribution is 2.38. The number of ether oxygens (including phenoxy) is 2. The number of methoxy groups -OCH3 is 2. The van der Waals surface area contributed by atoms with E-state index in [-0.39, 0.29) is 17.9 Å². The summed E-state index contributed by atoms with van der Waals surface area (Å²) in [7, 11) is 3.00. The summed E-state index contributed by atoms with van der Waals surface area (Å²) in [5.41, 5.74) is 0.623. The summed E-state index contributed by atoms with van der Waals surface area (Å²) >= 11 is 0. The maximum Gasteiger partial charge on any atom is 0.259 e. The highest BCUT2D eigenvalue weighted by Gasteiger charge is 2.29. The zero-order valence-corrected chi connectivity index (χ0v) is 15.5. The van der Waals surface area contributed by atoms with Gasteiger partial charge in [0.25, 0.3) is 11.4 Å². The van der Waals surface area contributed by atoms with E-state index in [9.17, 15) is 9.59 Å². The highest BCUT2D eigenvalue weighted by molar-refractivity contribution is 5.99. The third kappa shape index (κ3) is 3.53. The summed E-state index contributed by atoms with van der Waals surface area (Å²) in [5.74, 6) is 2.06. The van der Waals surface area contributed by atoms with Crippen LogP contribution in [0.1, 0.15) is 34.9 Å². The van der Waals surface area contributed by atoms with Crippen LogP contribution in [-0.4, -0.2) is 34.7 Å². The fourth-order valence-corrected chi connectivity index (χ4v) is 2.91. The topological polar surface area (TPSA) is 96.5 Å². The van der Waals surface area contributed by atoms with Crippen LogP contribution in [0.2, 0.25) is 0 Å². The van der Waals surface area contributed by atoms with Gasteiger partial charge < -0.3 is 18.6 Å². The Balaban J connectivity index is 1.62. The molecule has 144 valence electrons. The van der Waals surface area contributed by atoms with Gasteiger partial charge in [0.1, 0.15) is 11.5 Å². The summed E-state index contributed by atoms with van der Waals surface area (Å²) in [6, 6.07) is 7.95. The Kier molecular flexibility index (Phi) is 4.68. The second-order valence-electron chi connectivity index (χ2n) is 6.61. The van der Waals surface area contributed by atoms with Crippen molar-refractivity contribution in [2.75, 3.05) is 14.2 Å². The molecule has 1 aromatic carbocycles. The molecule has 0 N–H and O–H groups in total. The number of pyridine rings is 1. The second kappa shape index (κ2) is 7.30. The van der Waals surface area contributed by atoms with Gasteiger partial charge >= 0.3 is 0 Å². The Morgan fingerprint density at radius 2 is 2.04 bits per heavy atom. The van der Waals surface area contributed by atoms with E-state index in [0.717, 1.165) is 12.8 Å². The minimum atomic E-state index is -0.305. The molecule has 0 unspecified atom stereocenters. The largest absolute Gasteiger partial charge is 0.497 e. The number of carbonyl (C=O) groups excluding carboxylic acids is 1. The fourth-order valence-electron chi connectivity index (χ4n) is 2.91. The molecule has 1 aliphatic carbocycles. The number of Topliss-reactive ketones (excluding diaryl/α,β-unsaturated/α-hetero) is 1. The molecule has 3 aromatic rings. The van der Waals surface area contributed by atoms with E-state index in [1.54, 1.807) is 30.5 Å². The van der Waals surface area contributed by atoms with Gasteiger partial charge in [-0.25, -0.2) is 0 Å². The van der Waals surface area contributed by atoms with Gasteiger partial charge in [-0.1, -0.05) is 5.16 Å². The van der Waals surface area contributed by atoms with Crippen LogP contribution in [-0.2, 0) is 6.54 Å². The first kappa shape index (κ1) is 18.0. The first-order valence-electron chi connectivity index (χ1n) is 8.88. The number of hydrogen-bond donors (Lipinski definition) is 0. The van der Waals surface area contributed by atoms with Crippen molar-refractivity contribution in [1.29, 1.82) is 0 Å². The molecule has 1 aliphatic rings. The van der Waals surface area contributed by atoms with E-state index in [0.29, 0.717) is 40.3 Å². The van der Waals surface area contributed by atoms with Crippen molar-refractivity contribution in [2.24, 2.45) is 0 Å². The number of rotatable bonds is 7. The van der Waals surface area contributed by atoms with Crippen LogP contribution in [0, 0.1) is 0 Å². The van der Waals surface area contributed by atoms with Gasteiger partial charge in [-0.3, -0.25) is 9.59 Å². The van der Waals surface area contributed by atoms with Crippen LogP contribution in [0.4, 0.5) is 0 Å². The van der Waals surface area contributed by atoms with Crippen molar-refractivity contribution in [3.8, 4) is 23.0 Å². The maximum absolute atomic E-state index is 12.8. The Morgan fingerprint density at radius 3 is 2.75 bits per heavy atom. The summed E-state index contributed by atoms with van der Waals surface area (Å²) in [6.07, 6.45) is 3.68. The summed E-state index contributed by atoms with van der Waals surface area (Å²) in [5, 5.41) is 3.99. The minimum Gasteiger partial charge on any atom is -0.497 e. The third-order valence-corrected chi connectivity index (χ3v) is 4.64. The zero-order valence-electron chi connectivity index (χ0n) is 15.5. The molecule has 0 atom stereocenters. The van der Waals surface area contributed by atoms with Crippen molar-refractivity contribution in [1.82, 2.24) is 14.7 Å². The Labute approximate surface area is 160 Å². The molecule has 1 saturated carbocycles. The monoisotopic (exact) mass is 381 g/mol. The van der Waals surface area contributed by atoms with Crippen LogP contribution in [0.5, 0.6) is 11.5 Å². The van der Waals surface area contributed by atoms with Crippen LogP contribution in [0.15, 0.2) is 45.8 Å². The van der Waals surface area contributed by atoms with Crippen LogP contribution < -0.4 is 15.0 Å². The molecule has 0 spiro atoms. The molecule has 2 aromatic heterocycles. The van der Waals surface area contributed by atoms with E-state index >= 15 is 0 Å². The second-order valence-corrected chi connectivity index (χ2v) is 6.61. The van der Waals surface area contributed by atoms with Crippen LogP contribution >= 0.6 is 0 Å². The third-order valence-electron chi connectivity index (χ3n) is 4.64. The van der Waals surface area contributed by atoms with Crippen molar-refractivity contribution in [2.45, 2.75) is 25.3 Å². The quantitative estimate of drug-likeness (QED) is 0.581. The van der Waals surface area contributed by atoms with Gasteiger partial charge in [-0.2, -0.15) is 4.98 Å². The van der Waals surface area contributed by atoms with Crippen molar-refractivity contribution in [3.05, 3.63) is 58.3 Å². The lowest BCUT2D eigenvalue weighted by atomic mass is 10.1. The Hall–Kier alpha value is -3.42. The molecule has 0 aliphatic heterocycles. The van der Waals surface area contributed by atoms with Gasteiger partial charge in [0.05, 0.1) is 31.9 Å². The summed E-state index contributed by atoms with van der Waals surface area (Å²) in [6.45, 7) is -0.153. The lowest BCUT2D eigenvalue weighted by molar-refractivity contribution is 0.0967. The highest BCUT2D eigenvalue weighted by atomic mass is 16.5. The molecule has 28 heavy (non-hydrogen) atoms. The minimum absolute atomic E-state index is 0.153. The van der Waals surface area contributed by atoms with Crippen molar-refractivity contribution >= 4 is 5.78 Å².